The molecule has 0 aliphatic heterocycles. The third-order valence-electron chi connectivity index (χ3n) is 3.05. The Morgan fingerprint density at radius 1 is 1.47 bits per heavy atom. The van der Waals surface area contributed by atoms with Gasteiger partial charge in [0.2, 0.25) is 0 Å². The van der Waals surface area contributed by atoms with Crippen LogP contribution in [0.25, 0.3) is 0 Å². The fourth-order valence-corrected chi connectivity index (χ4v) is 2.58. The monoisotopic (exact) mass is 345 g/mol. The van der Waals surface area contributed by atoms with E-state index in [1.165, 1.54) is 0 Å². The standard InChI is InChI=1S/C13H13BrClNO3/c14-8-3-4-9(10(15)6-8)12(17)16-11(13(18)19)5-7-1-2-7/h3-4,6-7,11H,1-2,5H2,(H,16,17)(H,18,19). The third kappa shape index (κ3) is 3.94. The van der Waals surface area contributed by atoms with Gasteiger partial charge in [0.05, 0.1) is 10.6 Å². The fourth-order valence-electron chi connectivity index (χ4n) is 1.82. The second-order valence-electron chi connectivity index (χ2n) is 4.67. The van der Waals surface area contributed by atoms with E-state index in [1.807, 2.05) is 0 Å². The van der Waals surface area contributed by atoms with Gasteiger partial charge in [-0.05, 0) is 30.5 Å². The predicted octanol–water partition coefficient (Wildman–Crippen LogP) is 3.09. The van der Waals surface area contributed by atoms with E-state index in [1.54, 1.807) is 18.2 Å². The van der Waals surface area contributed by atoms with Crippen LogP contribution in [0.3, 0.4) is 0 Å². The molecule has 1 atom stereocenters. The highest BCUT2D eigenvalue weighted by Gasteiger charge is 2.30. The molecule has 6 heteroatoms. The molecular weight excluding hydrogens is 334 g/mol. The van der Waals surface area contributed by atoms with Gasteiger partial charge in [-0.3, -0.25) is 4.79 Å². The molecule has 0 radical (unpaired) electrons. The van der Waals surface area contributed by atoms with E-state index in [-0.39, 0.29) is 5.56 Å². The first-order chi connectivity index (χ1) is 8.97. The average Bonchev–Trinajstić information content (AvgIpc) is 3.11. The van der Waals surface area contributed by atoms with Gasteiger partial charge >= 0.3 is 5.97 Å². The minimum Gasteiger partial charge on any atom is -0.480 e. The predicted molar refractivity (Wildman–Crippen MR) is 75.4 cm³/mol. The molecule has 1 saturated carbocycles. The van der Waals surface area contributed by atoms with Crippen molar-refractivity contribution in [2.75, 3.05) is 0 Å². The molecule has 0 bridgehead atoms. The number of aliphatic carboxylic acids is 1. The number of halogens is 2. The van der Waals surface area contributed by atoms with Crippen molar-refractivity contribution in [2.24, 2.45) is 5.92 Å². The van der Waals surface area contributed by atoms with Crippen molar-refractivity contribution in [3.8, 4) is 0 Å². The quantitative estimate of drug-likeness (QED) is 0.861. The summed E-state index contributed by atoms with van der Waals surface area (Å²) in [5.41, 5.74) is 0.284. The number of carboxylic acid groups (broad SMARTS) is 1. The van der Waals surface area contributed by atoms with Crippen LogP contribution in [-0.2, 0) is 4.79 Å². The Bertz CT molecular complexity index is 517. The van der Waals surface area contributed by atoms with Crippen LogP contribution in [0.4, 0.5) is 0 Å². The molecule has 19 heavy (non-hydrogen) atoms. The number of carboxylic acids is 1. The van der Waals surface area contributed by atoms with Gasteiger partial charge in [0.1, 0.15) is 6.04 Å². The summed E-state index contributed by atoms with van der Waals surface area (Å²) in [6, 6.07) is 4.02. The number of nitrogens with one attached hydrogen (secondary N) is 1. The molecule has 2 rings (SSSR count). The minimum atomic E-state index is -1.01. The summed E-state index contributed by atoms with van der Waals surface area (Å²) in [5, 5.41) is 11.9. The molecule has 1 aromatic carbocycles. The highest BCUT2D eigenvalue weighted by atomic mass is 79.9. The zero-order chi connectivity index (χ0) is 14.0. The fraction of sp³-hybridized carbons (Fsp3) is 0.385. The lowest BCUT2D eigenvalue weighted by Crippen LogP contribution is -2.41. The van der Waals surface area contributed by atoms with Crippen LogP contribution in [0.1, 0.15) is 29.6 Å². The van der Waals surface area contributed by atoms with Gasteiger partial charge in [0.25, 0.3) is 5.91 Å². The van der Waals surface area contributed by atoms with Crippen LogP contribution >= 0.6 is 27.5 Å². The number of carbonyl (C=O) groups excluding carboxylic acids is 1. The van der Waals surface area contributed by atoms with Gasteiger partial charge in [-0.1, -0.05) is 40.4 Å². The maximum Gasteiger partial charge on any atom is 0.326 e. The summed E-state index contributed by atoms with van der Waals surface area (Å²) in [6.07, 6.45) is 2.56. The molecule has 4 nitrogen and oxygen atoms in total. The largest absolute Gasteiger partial charge is 0.480 e. The van der Waals surface area contributed by atoms with E-state index in [2.05, 4.69) is 21.2 Å². The summed E-state index contributed by atoms with van der Waals surface area (Å²) >= 11 is 9.22. The van der Waals surface area contributed by atoms with Gasteiger partial charge < -0.3 is 10.4 Å². The first-order valence-corrected chi connectivity index (χ1v) is 7.13. The van der Waals surface area contributed by atoms with Crippen LogP contribution in [0.15, 0.2) is 22.7 Å². The Morgan fingerprint density at radius 3 is 2.68 bits per heavy atom. The summed E-state index contributed by atoms with van der Waals surface area (Å²) < 4.78 is 0.766. The van der Waals surface area contributed by atoms with Gasteiger partial charge in [0.15, 0.2) is 0 Å². The SMILES string of the molecule is O=C(NC(CC1CC1)C(=O)O)c1ccc(Br)cc1Cl. The molecule has 1 aliphatic carbocycles. The van der Waals surface area contributed by atoms with Crippen molar-refractivity contribution < 1.29 is 14.7 Å². The molecule has 0 spiro atoms. The lowest BCUT2D eigenvalue weighted by atomic mass is 10.1. The Hall–Kier alpha value is -1.07. The summed E-state index contributed by atoms with van der Waals surface area (Å²) in [5.74, 6) is -1.04. The highest BCUT2D eigenvalue weighted by Crippen LogP contribution is 2.33. The zero-order valence-corrected chi connectivity index (χ0v) is 12.4. The van der Waals surface area contributed by atoms with E-state index >= 15 is 0 Å². The van der Waals surface area contributed by atoms with Crippen molar-refractivity contribution >= 4 is 39.4 Å². The zero-order valence-electron chi connectivity index (χ0n) is 10.0. The van der Waals surface area contributed by atoms with Crippen molar-refractivity contribution in [2.45, 2.75) is 25.3 Å². The number of hydrogen-bond donors (Lipinski definition) is 2. The van der Waals surface area contributed by atoms with E-state index in [9.17, 15) is 9.59 Å². The van der Waals surface area contributed by atoms with Crippen LogP contribution in [0.2, 0.25) is 5.02 Å². The van der Waals surface area contributed by atoms with Crippen molar-refractivity contribution in [1.29, 1.82) is 0 Å². The van der Waals surface area contributed by atoms with Crippen LogP contribution in [0, 0.1) is 5.92 Å². The Labute approximate surface area is 124 Å². The Balaban J connectivity index is 2.07. The molecule has 1 aliphatic rings. The van der Waals surface area contributed by atoms with Gasteiger partial charge in [-0.15, -0.1) is 0 Å². The van der Waals surface area contributed by atoms with E-state index in [0.717, 1.165) is 17.3 Å². The maximum absolute atomic E-state index is 12.0. The number of rotatable bonds is 5. The number of hydrogen-bond acceptors (Lipinski definition) is 2. The van der Waals surface area contributed by atoms with Crippen molar-refractivity contribution in [1.82, 2.24) is 5.32 Å². The van der Waals surface area contributed by atoms with Gasteiger partial charge in [-0.2, -0.15) is 0 Å². The maximum atomic E-state index is 12.0. The normalized spacial score (nSPS) is 15.9. The molecule has 1 amide bonds. The molecule has 1 unspecified atom stereocenters. The topological polar surface area (TPSA) is 66.4 Å². The number of benzene rings is 1. The second kappa shape index (κ2) is 5.92. The molecule has 0 saturated heterocycles. The molecule has 0 heterocycles. The molecule has 2 N–H and O–H groups in total. The van der Waals surface area contributed by atoms with Crippen LogP contribution in [0.5, 0.6) is 0 Å². The Kier molecular flexibility index (Phi) is 4.47. The highest BCUT2D eigenvalue weighted by molar-refractivity contribution is 9.10. The van der Waals surface area contributed by atoms with Crippen LogP contribution in [-0.4, -0.2) is 23.0 Å². The van der Waals surface area contributed by atoms with Gasteiger partial charge in [0, 0.05) is 4.47 Å². The molecular formula is C13H13BrClNO3. The number of amides is 1. The molecule has 1 aromatic rings. The Morgan fingerprint density at radius 2 is 2.16 bits per heavy atom. The smallest absolute Gasteiger partial charge is 0.326 e. The molecule has 102 valence electrons. The lowest BCUT2D eigenvalue weighted by Gasteiger charge is -2.14. The van der Waals surface area contributed by atoms with E-state index in [4.69, 9.17) is 16.7 Å². The second-order valence-corrected chi connectivity index (χ2v) is 5.99. The van der Waals surface area contributed by atoms with Crippen LogP contribution < -0.4 is 5.32 Å². The van der Waals surface area contributed by atoms with Crippen molar-refractivity contribution in [3.05, 3.63) is 33.3 Å². The summed E-state index contributed by atoms with van der Waals surface area (Å²) in [4.78, 5) is 23.1. The number of carbonyl (C=O) groups is 2. The lowest BCUT2D eigenvalue weighted by molar-refractivity contribution is -0.139. The third-order valence-corrected chi connectivity index (χ3v) is 3.85. The van der Waals surface area contributed by atoms with E-state index < -0.39 is 17.9 Å². The molecule has 1 fully saturated rings. The summed E-state index contributed by atoms with van der Waals surface area (Å²) in [6.45, 7) is 0. The first-order valence-electron chi connectivity index (χ1n) is 5.96. The average molecular weight is 347 g/mol. The summed E-state index contributed by atoms with van der Waals surface area (Å²) in [7, 11) is 0. The van der Waals surface area contributed by atoms with E-state index in [0.29, 0.717) is 17.4 Å². The van der Waals surface area contributed by atoms with Gasteiger partial charge in [-0.25, -0.2) is 4.79 Å². The van der Waals surface area contributed by atoms with Crippen molar-refractivity contribution in [3.63, 3.8) is 0 Å². The minimum absolute atomic E-state index is 0.284. The molecule has 0 aromatic heterocycles. The first kappa shape index (κ1) is 14.3.